The number of nitrogens with one attached hydrogen (secondary N) is 1. The average Bonchev–Trinajstić information content (AvgIpc) is 3.00. The summed E-state index contributed by atoms with van der Waals surface area (Å²) in [6.45, 7) is 5.93. The zero-order valence-electron chi connectivity index (χ0n) is 13.6. The molecule has 1 aliphatic heterocycles. The van der Waals surface area contributed by atoms with Gasteiger partial charge in [0, 0.05) is 25.2 Å². The summed E-state index contributed by atoms with van der Waals surface area (Å²) in [4.78, 5) is 24.4. The summed E-state index contributed by atoms with van der Waals surface area (Å²) in [5.74, 6) is 1.01. The monoisotopic (exact) mass is 333 g/mol. The van der Waals surface area contributed by atoms with E-state index in [0.29, 0.717) is 13.1 Å². The Labute approximate surface area is 140 Å². The molecular formula is C16H23N5OS. The van der Waals surface area contributed by atoms with Crippen molar-refractivity contribution in [3.8, 4) is 0 Å². The number of carbonyl (C=O) groups is 1. The highest BCUT2D eigenvalue weighted by Crippen LogP contribution is 2.29. The minimum atomic E-state index is -0.389. The van der Waals surface area contributed by atoms with Crippen LogP contribution in [0, 0.1) is 5.92 Å². The van der Waals surface area contributed by atoms with Gasteiger partial charge in [0.05, 0.1) is 11.3 Å². The van der Waals surface area contributed by atoms with Crippen molar-refractivity contribution < 1.29 is 4.79 Å². The minimum Gasteiger partial charge on any atom is -0.355 e. The summed E-state index contributed by atoms with van der Waals surface area (Å²) in [5, 5.41) is 6.07. The van der Waals surface area contributed by atoms with Gasteiger partial charge in [0.2, 0.25) is 5.91 Å². The smallest absolute Gasteiger partial charge is 0.224 e. The molecule has 1 atom stereocenters. The lowest BCUT2D eigenvalue weighted by atomic mass is 9.96. The van der Waals surface area contributed by atoms with Crippen LogP contribution in [0.1, 0.15) is 26.7 Å². The third-order valence-corrected chi connectivity index (χ3v) is 4.87. The van der Waals surface area contributed by atoms with Gasteiger partial charge in [0.15, 0.2) is 0 Å². The first-order valence-corrected chi connectivity index (χ1v) is 8.82. The van der Waals surface area contributed by atoms with Crippen molar-refractivity contribution in [1.29, 1.82) is 0 Å². The van der Waals surface area contributed by atoms with Crippen LogP contribution in [0.2, 0.25) is 0 Å². The second-order valence-electron chi connectivity index (χ2n) is 6.83. The van der Waals surface area contributed by atoms with Gasteiger partial charge < -0.3 is 16.0 Å². The van der Waals surface area contributed by atoms with Crippen LogP contribution in [0.3, 0.4) is 0 Å². The summed E-state index contributed by atoms with van der Waals surface area (Å²) in [6.07, 6.45) is 3.50. The molecule has 1 fully saturated rings. The lowest BCUT2D eigenvalue weighted by Crippen LogP contribution is -2.49. The van der Waals surface area contributed by atoms with Crippen LogP contribution in [0.25, 0.3) is 10.2 Å². The molecule has 1 amide bonds. The van der Waals surface area contributed by atoms with Crippen molar-refractivity contribution >= 4 is 33.3 Å². The van der Waals surface area contributed by atoms with Crippen LogP contribution in [-0.4, -0.2) is 41.0 Å². The number of nitrogens with two attached hydrogens (primary N) is 1. The van der Waals surface area contributed by atoms with Crippen LogP contribution in [0.5, 0.6) is 0 Å². The van der Waals surface area contributed by atoms with E-state index in [2.05, 4.69) is 26.3 Å². The normalized spacial score (nSPS) is 19.1. The molecule has 0 aromatic carbocycles. The lowest BCUT2D eigenvalue weighted by molar-refractivity contribution is -0.125. The molecule has 1 unspecified atom stereocenters. The predicted octanol–water partition coefficient (Wildman–Crippen LogP) is 1.76. The second-order valence-corrected chi connectivity index (χ2v) is 7.72. The number of nitrogens with zero attached hydrogens (tertiary/aromatic N) is 3. The highest BCUT2D eigenvalue weighted by molar-refractivity contribution is 7.16. The summed E-state index contributed by atoms with van der Waals surface area (Å²) in [7, 11) is 0. The summed E-state index contributed by atoms with van der Waals surface area (Å²) < 4.78 is 0. The van der Waals surface area contributed by atoms with Gasteiger partial charge in [-0.25, -0.2) is 9.97 Å². The van der Waals surface area contributed by atoms with Crippen molar-refractivity contribution in [2.45, 2.75) is 32.2 Å². The molecule has 7 heteroatoms. The Morgan fingerprint density at radius 2 is 2.35 bits per heavy atom. The van der Waals surface area contributed by atoms with Crippen molar-refractivity contribution in [1.82, 2.24) is 15.3 Å². The standard InChI is InChI=1S/C16H23N5OS/c1-16(2,17)9-18-14(22)11-4-3-6-21(8-11)13-12-5-7-23-15(12)20-10-19-13/h5,7,10-11H,3-4,6,8-9,17H2,1-2H3,(H,18,22). The highest BCUT2D eigenvalue weighted by Gasteiger charge is 2.28. The number of carbonyl (C=O) groups excluding carboxylic acids is 1. The third kappa shape index (κ3) is 3.79. The lowest BCUT2D eigenvalue weighted by Gasteiger charge is -2.33. The van der Waals surface area contributed by atoms with Crippen LogP contribution < -0.4 is 16.0 Å². The number of rotatable bonds is 4. The number of hydrogen-bond acceptors (Lipinski definition) is 6. The van der Waals surface area contributed by atoms with E-state index in [1.54, 1.807) is 17.7 Å². The van der Waals surface area contributed by atoms with Gasteiger partial charge in [-0.15, -0.1) is 11.3 Å². The van der Waals surface area contributed by atoms with Crippen LogP contribution in [0.4, 0.5) is 5.82 Å². The topological polar surface area (TPSA) is 84.1 Å². The van der Waals surface area contributed by atoms with E-state index in [-0.39, 0.29) is 17.4 Å². The molecule has 0 spiro atoms. The summed E-state index contributed by atoms with van der Waals surface area (Å²) in [6, 6.07) is 2.05. The Morgan fingerprint density at radius 3 is 3.13 bits per heavy atom. The van der Waals surface area contributed by atoms with Gasteiger partial charge in [0.1, 0.15) is 17.0 Å². The number of hydrogen-bond donors (Lipinski definition) is 2. The first-order chi connectivity index (χ1) is 10.9. The molecule has 0 bridgehead atoms. The number of aromatic nitrogens is 2. The maximum atomic E-state index is 12.4. The van der Waals surface area contributed by atoms with Gasteiger partial charge in [0.25, 0.3) is 0 Å². The molecule has 3 rings (SSSR count). The van der Waals surface area contributed by atoms with Gasteiger partial charge >= 0.3 is 0 Å². The molecule has 3 heterocycles. The molecule has 1 aliphatic rings. The van der Waals surface area contributed by atoms with E-state index in [9.17, 15) is 4.79 Å². The van der Waals surface area contributed by atoms with Crippen LogP contribution in [-0.2, 0) is 4.79 Å². The van der Waals surface area contributed by atoms with Crippen LogP contribution >= 0.6 is 11.3 Å². The Bertz CT molecular complexity index is 693. The fraction of sp³-hybridized carbons (Fsp3) is 0.562. The fourth-order valence-electron chi connectivity index (χ4n) is 2.87. The van der Waals surface area contributed by atoms with Gasteiger partial charge in [-0.1, -0.05) is 0 Å². The molecule has 23 heavy (non-hydrogen) atoms. The third-order valence-electron chi connectivity index (χ3n) is 4.05. The van der Waals surface area contributed by atoms with E-state index in [4.69, 9.17) is 5.73 Å². The van der Waals surface area contributed by atoms with Crippen molar-refractivity contribution in [3.63, 3.8) is 0 Å². The average molecular weight is 333 g/mol. The SMILES string of the molecule is CC(C)(N)CNC(=O)C1CCCN(c2ncnc3sccc23)C1. The van der Waals surface area contributed by atoms with E-state index < -0.39 is 0 Å². The molecule has 2 aromatic heterocycles. The van der Waals surface area contributed by atoms with Gasteiger partial charge in [-0.2, -0.15) is 0 Å². The molecule has 0 aliphatic carbocycles. The molecule has 124 valence electrons. The maximum absolute atomic E-state index is 12.4. The Kier molecular flexibility index (Phi) is 4.50. The number of fused-ring (bicyclic) bond motifs is 1. The van der Waals surface area contributed by atoms with E-state index in [1.807, 2.05) is 19.2 Å². The number of anilines is 1. The quantitative estimate of drug-likeness (QED) is 0.891. The Hall–Kier alpha value is -1.73. The van der Waals surface area contributed by atoms with E-state index in [0.717, 1.165) is 35.4 Å². The van der Waals surface area contributed by atoms with Crippen LogP contribution in [0.15, 0.2) is 17.8 Å². The first-order valence-electron chi connectivity index (χ1n) is 7.94. The molecule has 2 aromatic rings. The minimum absolute atomic E-state index is 0.0187. The van der Waals surface area contributed by atoms with Crippen molar-refractivity contribution in [2.24, 2.45) is 11.7 Å². The summed E-state index contributed by atoms with van der Waals surface area (Å²) in [5.41, 5.74) is 5.55. The zero-order valence-corrected chi connectivity index (χ0v) is 14.4. The van der Waals surface area contributed by atoms with Gasteiger partial charge in [-0.3, -0.25) is 4.79 Å². The number of amides is 1. The number of piperidine rings is 1. The van der Waals surface area contributed by atoms with E-state index in [1.165, 1.54) is 0 Å². The summed E-state index contributed by atoms with van der Waals surface area (Å²) >= 11 is 1.61. The molecular weight excluding hydrogens is 310 g/mol. The fourth-order valence-corrected chi connectivity index (χ4v) is 3.60. The Balaban J connectivity index is 1.71. The van der Waals surface area contributed by atoms with E-state index >= 15 is 0 Å². The maximum Gasteiger partial charge on any atom is 0.224 e. The first kappa shape index (κ1) is 16.1. The largest absolute Gasteiger partial charge is 0.355 e. The molecule has 0 radical (unpaired) electrons. The Morgan fingerprint density at radius 1 is 1.52 bits per heavy atom. The number of thiophene rings is 1. The molecule has 3 N–H and O–H groups in total. The second kappa shape index (κ2) is 6.41. The molecule has 0 saturated carbocycles. The van der Waals surface area contributed by atoms with Crippen molar-refractivity contribution in [3.05, 3.63) is 17.8 Å². The molecule has 1 saturated heterocycles. The predicted molar refractivity (Wildman–Crippen MR) is 93.6 cm³/mol. The van der Waals surface area contributed by atoms with Gasteiger partial charge in [-0.05, 0) is 38.1 Å². The molecule has 6 nitrogen and oxygen atoms in total. The van der Waals surface area contributed by atoms with Crippen molar-refractivity contribution in [2.75, 3.05) is 24.5 Å². The zero-order chi connectivity index (χ0) is 16.4. The highest BCUT2D eigenvalue weighted by atomic mass is 32.1.